The first-order chi connectivity index (χ1) is 4.86. The number of carbonyl (C=O) groups excluding carboxylic acids is 1. The van der Waals surface area contributed by atoms with Crippen LogP contribution in [0, 0.1) is 0 Å². The molecule has 5 nitrogen and oxygen atoms in total. The van der Waals surface area contributed by atoms with Crippen LogP contribution in [0.15, 0.2) is 0 Å². The van der Waals surface area contributed by atoms with Gasteiger partial charge in [-0.25, -0.2) is 4.79 Å². The molecule has 2 atom stereocenters. The third-order valence-electron chi connectivity index (χ3n) is 1.54. The van der Waals surface area contributed by atoms with Crippen molar-refractivity contribution in [1.82, 2.24) is 5.48 Å². The highest BCUT2D eigenvalue weighted by Crippen LogP contribution is 2.16. The number of carbonyl (C=O) groups is 1. The lowest BCUT2D eigenvalue weighted by molar-refractivity contribution is -0.0696. The summed E-state index contributed by atoms with van der Waals surface area (Å²) in [5.41, 5.74) is 2.62. The Hall–Kier alpha value is -0.810. The van der Waals surface area contributed by atoms with Crippen LogP contribution in [0.4, 0.5) is 4.79 Å². The van der Waals surface area contributed by atoms with E-state index in [1.165, 1.54) is 0 Å². The van der Waals surface area contributed by atoms with Gasteiger partial charge in [0.15, 0.2) is 12.2 Å². The topological polar surface area (TPSA) is 56.8 Å². The molecule has 0 aromatic heterocycles. The first-order valence-corrected chi connectivity index (χ1v) is 3.08. The minimum absolute atomic E-state index is 0.166. The molecule has 0 aromatic rings. The van der Waals surface area contributed by atoms with Crippen LogP contribution in [0.2, 0.25) is 0 Å². The zero-order valence-electron chi connectivity index (χ0n) is 5.20. The normalized spacial score (nSPS) is 38.2. The molecule has 0 spiro atoms. The molecule has 0 aromatic carbocycles. The van der Waals surface area contributed by atoms with Crippen LogP contribution >= 0.6 is 0 Å². The zero-order chi connectivity index (χ0) is 6.97. The summed E-state index contributed by atoms with van der Waals surface area (Å²) in [7, 11) is 0. The van der Waals surface area contributed by atoms with E-state index in [1.54, 1.807) is 0 Å². The summed E-state index contributed by atoms with van der Waals surface area (Å²) >= 11 is 0. The lowest BCUT2D eigenvalue weighted by Crippen LogP contribution is -2.43. The average Bonchev–Trinajstić information content (AvgIpc) is 2.27. The SMILES string of the molecule is O=C1O[C@H]2CONC[C@H]2O1. The Bertz CT molecular complexity index is 144. The Labute approximate surface area is 57.2 Å². The van der Waals surface area contributed by atoms with Gasteiger partial charge in [-0.1, -0.05) is 0 Å². The molecular formula is C5H7NO4. The van der Waals surface area contributed by atoms with Crippen LogP contribution in [-0.4, -0.2) is 31.5 Å². The predicted molar refractivity (Wildman–Crippen MR) is 29.1 cm³/mol. The van der Waals surface area contributed by atoms with Crippen molar-refractivity contribution in [1.29, 1.82) is 0 Å². The van der Waals surface area contributed by atoms with Gasteiger partial charge in [0, 0.05) is 0 Å². The predicted octanol–water partition coefficient (Wildman–Crippen LogP) is -0.575. The third-order valence-corrected chi connectivity index (χ3v) is 1.54. The number of ether oxygens (including phenoxy) is 2. The van der Waals surface area contributed by atoms with Gasteiger partial charge in [0.25, 0.3) is 0 Å². The van der Waals surface area contributed by atoms with E-state index in [4.69, 9.17) is 14.3 Å². The summed E-state index contributed by atoms with van der Waals surface area (Å²) in [6.07, 6.45) is -0.975. The molecule has 0 radical (unpaired) electrons. The fourth-order valence-corrected chi connectivity index (χ4v) is 1.02. The molecule has 56 valence electrons. The number of hydroxylamine groups is 1. The molecule has 0 amide bonds. The van der Waals surface area contributed by atoms with Gasteiger partial charge in [0.05, 0.1) is 6.54 Å². The summed E-state index contributed by atoms with van der Waals surface area (Å²) in [6.45, 7) is 0.882. The van der Waals surface area contributed by atoms with Gasteiger partial charge in [0.1, 0.15) is 6.61 Å². The van der Waals surface area contributed by atoms with Crippen molar-refractivity contribution in [3.63, 3.8) is 0 Å². The summed E-state index contributed by atoms with van der Waals surface area (Å²) in [5, 5.41) is 0. The van der Waals surface area contributed by atoms with E-state index in [0.29, 0.717) is 13.2 Å². The highest BCUT2D eigenvalue weighted by atomic mass is 16.8. The van der Waals surface area contributed by atoms with E-state index < -0.39 is 6.16 Å². The van der Waals surface area contributed by atoms with Crippen molar-refractivity contribution >= 4 is 6.16 Å². The lowest BCUT2D eigenvalue weighted by atomic mass is 10.2. The van der Waals surface area contributed by atoms with Crippen molar-refractivity contribution in [3.05, 3.63) is 0 Å². The molecule has 5 heteroatoms. The van der Waals surface area contributed by atoms with Crippen molar-refractivity contribution in [3.8, 4) is 0 Å². The molecule has 2 fully saturated rings. The molecule has 10 heavy (non-hydrogen) atoms. The van der Waals surface area contributed by atoms with Crippen molar-refractivity contribution in [2.75, 3.05) is 13.2 Å². The minimum atomic E-state index is -0.595. The Morgan fingerprint density at radius 3 is 3.00 bits per heavy atom. The Kier molecular flexibility index (Phi) is 1.25. The molecule has 0 aliphatic carbocycles. The zero-order valence-corrected chi connectivity index (χ0v) is 5.20. The molecule has 0 unspecified atom stereocenters. The number of rotatable bonds is 0. The summed E-state index contributed by atoms with van der Waals surface area (Å²) < 4.78 is 9.50. The maximum atomic E-state index is 10.5. The van der Waals surface area contributed by atoms with Crippen molar-refractivity contribution < 1.29 is 19.1 Å². The Morgan fingerprint density at radius 2 is 2.20 bits per heavy atom. The molecule has 2 aliphatic rings. The number of hydrogen-bond acceptors (Lipinski definition) is 5. The highest BCUT2D eigenvalue weighted by Gasteiger charge is 2.39. The molecular weight excluding hydrogens is 138 g/mol. The summed E-state index contributed by atoms with van der Waals surface area (Å²) in [4.78, 5) is 15.3. The highest BCUT2D eigenvalue weighted by molar-refractivity contribution is 5.62. The lowest BCUT2D eigenvalue weighted by Gasteiger charge is -2.20. The van der Waals surface area contributed by atoms with Crippen LogP contribution in [0.25, 0.3) is 0 Å². The number of nitrogens with one attached hydrogen (secondary N) is 1. The van der Waals surface area contributed by atoms with E-state index in [2.05, 4.69) is 5.48 Å². The first kappa shape index (κ1) is 5.94. The van der Waals surface area contributed by atoms with Crippen LogP contribution in [0.1, 0.15) is 0 Å². The quantitative estimate of drug-likeness (QED) is 0.462. The van der Waals surface area contributed by atoms with Gasteiger partial charge < -0.3 is 9.47 Å². The van der Waals surface area contributed by atoms with E-state index in [1.807, 2.05) is 0 Å². The molecule has 0 saturated carbocycles. The fraction of sp³-hybridized carbons (Fsp3) is 0.800. The molecule has 1 N–H and O–H groups in total. The number of hydrogen-bond donors (Lipinski definition) is 1. The number of fused-ring (bicyclic) bond motifs is 1. The third kappa shape index (κ3) is 0.833. The van der Waals surface area contributed by atoms with E-state index in [-0.39, 0.29) is 12.2 Å². The monoisotopic (exact) mass is 145 g/mol. The summed E-state index contributed by atoms with van der Waals surface area (Å²) in [6, 6.07) is 0. The van der Waals surface area contributed by atoms with Gasteiger partial charge in [-0.05, 0) is 0 Å². The van der Waals surface area contributed by atoms with Crippen LogP contribution < -0.4 is 5.48 Å². The van der Waals surface area contributed by atoms with E-state index in [0.717, 1.165) is 0 Å². The second-order valence-corrected chi connectivity index (χ2v) is 2.22. The van der Waals surface area contributed by atoms with Gasteiger partial charge in [-0.3, -0.25) is 4.84 Å². The molecule has 2 rings (SSSR count). The summed E-state index contributed by atoms with van der Waals surface area (Å²) in [5.74, 6) is 0. The minimum Gasteiger partial charge on any atom is -0.425 e. The van der Waals surface area contributed by atoms with Crippen LogP contribution in [0.5, 0.6) is 0 Å². The Morgan fingerprint density at radius 1 is 1.40 bits per heavy atom. The molecule has 2 heterocycles. The van der Waals surface area contributed by atoms with Crippen molar-refractivity contribution in [2.24, 2.45) is 0 Å². The Balaban J connectivity index is 2.04. The molecule has 2 aliphatic heterocycles. The standard InChI is InChI=1S/C5H7NO4/c7-5-9-3-1-6-8-2-4(3)10-5/h3-4,6H,1-2H2/t3-,4+/m1/s1. The second-order valence-electron chi connectivity index (χ2n) is 2.22. The van der Waals surface area contributed by atoms with E-state index in [9.17, 15) is 4.79 Å². The van der Waals surface area contributed by atoms with Gasteiger partial charge in [-0.2, -0.15) is 5.48 Å². The molecule has 0 bridgehead atoms. The average molecular weight is 145 g/mol. The first-order valence-electron chi connectivity index (χ1n) is 3.08. The van der Waals surface area contributed by atoms with Crippen LogP contribution in [0.3, 0.4) is 0 Å². The van der Waals surface area contributed by atoms with Gasteiger partial charge in [-0.15, -0.1) is 0 Å². The maximum Gasteiger partial charge on any atom is 0.509 e. The fourth-order valence-electron chi connectivity index (χ4n) is 1.02. The van der Waals surface area contributed by atoms with Crippen molar-refractivity contribution in [2.45, 2.75) is 12.2 Å². The smallest absolute Gasteiger partial charge is 0.425 e. The van der Waals surface area contributed by atoms with Crippen LogP contribution in [-0.2, 0) is 14.3 Å². The largest absolute Gasteiger partial charge is 0.509 e. The molecule has 2 saturated heterocycles. The maximum absolute atomic E-state index is 10.5. The second kappa shape index (κ2) is 2.10. The van der Waals surface area contributed by atoms with Gasteiger partial charge >= 0.3 is 6.16 Å². The van der Waals surface area contributed by atoms with Gasteiger partial charge in [0.2, 0.25) is 0 Å². The van der Waals surface area contributed by atoms with E-state index >= 15 is 0 Å².